The number of carbonyl (C=O) groups excluding carboxylic acids is 3. The number of aliphatic hydroxyl groups excluding tert-OH is 1. The van der Waals surface area contributed by atoms with Crippen LogP contribution in [0.5, 0.6) is 0 Å². The molecule has 7 aliphatic heterocycles. The summed E-state index contributed by atoms with van der Waals surface area (Å²) < 4.78 is 5.57. The first-order valence-corrected chi connectivity index (χ1v) is 41.9. The molecule has 4 aromatic heterocycles. The Morgan fingerprint density at radius 1 is 0.427 bits per heavy atom. The van der Waals surface area contributed by atoms with Crippen molar-refractivity contribution in [3.63, 3.8) is 0 Å². The SMILES string of the molecule is CC1CC(c2ccc(C#N)c3ncccc23)CN(C(=O)OC(C)(C)C)C1.CC1CNCC(c2ccc(C#N)c3ncccc23)C1.CN1CCC(CC(=O)O)CC1.CO.C[C@@H]1CC(c2ccc(C#N)c3ncccc23)CN(C(=O)CC2CCN(C)CC2)C1.C[C@@H]1CC(c2ccc(C#N)c3ncccc23)CN(C(=O)CC2CCN(C)CC2)C1.Cl. The van der Waals surface area contributed by atoms with Gasteiger partial charge in [0.25, 0.3) is 0 Å². The molecule has 0 spiro atoms. The summed E-state index contributed by atoms with van der Waals surface area (Å²) in [5, 5.41) is 60.6. The number of halogens is 1. The van der Waals surface area contributed by atoms with Gasteiger partial charge in [-0.25, -0.2) is 4.79 Å². The number of hydrogen-bond acceptors (Lipinski definition) is 18. The van der Waals surface area contributed by atoms with Gasteiger partial charge >= 0.3 is 12.1 Å². The van der Waals surface area contributed by atoms with Crippen LogP contribution in [0, 0.1) is 86.7 Å². The van der Waals surface area contributed by atoms with Gasteiger partial charge in [0.15, 0.2) is 0 Å². The number of piperidine rings is 7. The van der Waals surface area contributed by atoms with Gasteiger partial charge < -0.3 is 49.7 Å². The molecular weight excluding hydrogens is 1490 g/mol. The van der Waals surface area contributed by atoms with Crippen LogP contribution in [-0.2, 0) is 19.1 Å². The molecule has 7 aliphatic rings. The first kappa shape index (κ1) is 91.2. The zero-order chi connectivity index (χ0) is 83.2. The average Bonchev–Trinajstić information content (AvgIpc) is 0.793. The van der Waals surface area contributed by atoms with Gasteiger partial charge in [0.2, 0.25) is 11.8 Å². The van der Waals surface area contributed by atoms with E-state index in [-0.39, 0.29) is 24.4 Å². The fourth-order valence-electron chi connectivity index (χ4n) is 18.4. The Kier molecular flexibility index (Phi) is 34.0. The molecular formula is C94H122ClN15O7. The van der Waals surface area contributed by atoms with Crippen LogP contribution in [0.4, 0.5) is 4.79 Å². The van der Waals surface area contributed by atoms with Gasteiger partial charge in [-0.2, -0.15) is 21.0 Å². The maximum Gasteiger partial charge on any atom is 0.410 e. The fraction of sp³-hybridized carbons (Fsp3) is 0.532. The van der Waals surface area contributed by atoms with Crippen molar-refractivity contribution in [2.24, 2.45) is 41.4 Å². The van der Waals surface area contributed by atoms with Gasteiger partial charge in [-0.3, -0.25) is 34.3 Å². The molecule has 3 N–H and O–H groups in total. The van der Waals surface area contributed by atoms with E-state index in [0.29, 0.717) is 126 Å². The second-order valence-corrected chi connectivity index (χ2v) is 34.9. The first-order valence-electron chi connectivity index (χ1n) is 41.9. The number of nitriles is 4. The smallest absolute Gasteiger partial charge is 0.410 e. The molecule has 23 heteroatoms. The van der Waals surface area contributed by atoms with E-state index < -0.39 is 11.6 Å². The molecule has 622 valence electrons. The second kappa shape index (κ2) is 43.6. The molecule has 3 amide bonds. The highest BCUT2D eigenvalue weighted by Gasteiger charge is 2.36. The van der Waals surface area contributed by atoms with Crippen molar-refractivity contribution in [1.82, 2.24) is 54.7 Å². The predicted octanol–water partition coefficient (Wildman–Crippen LogP) is 15.7. The minimum atomic E-state index is -0.653. The van der Waals surface area contributed by atoms with E-state index in [1.165, 1.54) is 23.1 Å². The Labute approximate surface area is 699 Å². The standard InChI is InChI=1S/2C24H30N4O.C21H25N3O2.C16H17N3.C8H15NO2.CH4O.ClH/c2*1-17-12-20(21-6-5-19(14-25)24-22(21)4-3-9-26-24)16-28(15-17)23(29)13-18-7-10-27(2)11-8-18;1-14-10-16(13-24(12-14)20(25)26-21(2,3)4)17-8-7-15(11-22)19-18(17)6-5-9-23-19;1-11-7-13(10-18-9-11)14-5-4-12(8-17)16-15(14)3-2-6-19-16;1-9-4-2-7(3-5-9)6-8(10)11;1-2;/h2*3-6,9,17-18,20H,7-8,10-13,15-16H2,1-2H3;5-9,14,16H,10,12-13H2,1-4H3;2-6,11,13,18H,7,9-10H2,1H3;7H,2-6H2,1H3,(H,10,11);2H,1H3;1H/t2*17-,20?;;;;;/m11...../s1. The Hall–Kier alpha value is -9.75. The van der Waals surface area contributed by atoms with Crippen LogP contribution in [0.2, 0.25) is 0 Å². The van der Waals surface area contributed by atoms with Crippen molar-refractivity contribution < 1.29 is 34.1 Å². The van der Waals surface area contributed by atoms with E-state index in [0.717, 1.165) is 193 Å². The minimum absolute atomic E-state index is 0. The number of hydrogen-bond donors (Lipinski definition) is 3. The Balaban J connectivity index is 0.000000170. The Morgan fingerprint density at radius 3 is 1.02 bits per heavy atom. The number of amides is 3. The highest BCUT2D eigenvalue weighted by molar-refractivity contribution is 5.91. The summed E-state index contributed by atoms with van der Waals surface area (Å²) in [4.78, 5) is 79.7. The van der Waals surface area contributed by atoms with Crippen molar-refractivity contribution >= 4 is 79.9 Å². The van der Waals surface area contributed by atoms with Crippen LogP contribution >= 0.6 is 12.4 Å². The molecule has 8 atom stereocenters. The van der Waals surface area contributed by atoms with E-state index in [9.17, 15) is 40.2 Å². The predicted molar refractivity (Wildman–Crippen MR) is 463 cm³/mol. The Bertz CT molecular complexity index is 4680. The summed E-state index contributed by atoms with van der Waals surface area (Å²) in [7, 11) is 7.40. The van der Waals surface area contributed by atoms with Gasteiger partial charge in [-0.1, -0.05) is 76.2 Å². The van der Waals surface area contributed by atoms with Gasteiger partial charge in [-0.05, 0) is 270 Å². The number of benzene rings is 4. The maximum atomic E-state index is 13.1. The topological polar surface area (TPSA) is 296 Å². The second-order valence-electron chi connectivity index (χ2n) is 34.9. The largest absolute Gasteiger partial charge is 0.481 e. The van der Waals surface area contributed by atoms with Crippen molar-refractivity contribution in [3.05, 3.63) is 166 Å². The van der Waals surface area contributed by atoms with Crippen LogP contribution in [0.1, 0.15) is 200 Å². The lowest BCUT2D eigenvalue weighted by Crippen LogP contribution is -2.45. The number of aliphatic hydroxyl groups is 1. The molecule has 4 aromatic carbocycles. The first-order chi connectivity index (χ1) is 55.8. The molecule has 6 unspecified atom stereocenters. The quantitative estimate of drug-likeness (QED) is 0.115. The number of likely N-dealkylation sites (tertiary alicyclic amines) is 6. The number of carbonyl (C=O) groups is 4. The van der Waals surface area contributed by atoms with Crippen LogP contribution in [-0.4, -0.2) is 209 Å². The van der Waals surface area contributed by atoms with E-state index in [4.69, 9.17) is 14.9 Å². The minimum Gasteiger partial charge on any atom is -0.481 e. The lowest BCUT2D eigenvalue weighted by atomic mass is 9.83. The summed E-state index contributed by atoms with van der Waals surface area (Å²) in [6, 6.07) is 40.6. The molecule has 0 radical (unpaired) electrons. The number of fused-ring (bicyclic) bond motifs is 4. The fourth-order valence-corrected chi connectivity index (χ4v) is 18.4. The highest BCUT2D eigenvalue weighted by Crippen LogP contribution is 2.40. The van der Waals surface area contributed by atoms with Crippen molar-refractivity contribution in [1.29, 1.82) is 21.0 Å². The normalized spacial score (nSPS) is 22.3. The van der Waals surface area contributed by atoms with Crippen LogP contribution in [0.3, 0.4) is 0 Å². The van der Waals surface area contributed by atoms with Gasteiger partial charge in [-0.15, -0.1) is 12.4 Å². The zero-order valence-electron chi connectivity index (χ0n) is 70.6. The number of aromatic nitrogens is 4. The molecule has 8 aromatic rings. The molecule has 0 bridgehead atoms. The lowest BCUT2D eigenvalue weighted by molar-refractivity contribution is -0.138. The van der Waals surface area contributed by atoms with Crippen molar-refractivity contribution in [2.75, 3.05) is 120 Å². The molecule has 7 saturated heterocycles. The van der Waals surface area contributed by atoms with Crippen LogP contribution < -0.4 is 5.32 Å². The van der Waals surface area contributed by atoms with E-state index in [1.54, 1.807) is 24.8 Å². The summed E-state index contributed by atoms with van der Waals surface area (Å²) in [6.45, 7) is 27.8. The average molecular weight is 1610 g/mol. The zero-order valence-corrected chi connectivity index (χ0v) is 71.4. The number of carboxylic acids is 1. The molecule has 117 heavy (non-hydrogen) atoms. The summed E-state index contributed by atoms with van der Waals surface area (Å²) in [5.74, 6) is 4.75. The van der Waals surface area contributed by atoms with Crippen LogP contribution in [0.25, 0.3) is 43.6 Å². The number of aliphatic carboxylic acids is 1. The molecule has 0 saturated carbocycles. The summed E-state index contributed by atoms with van der Waals surface area (Å²) in [5.41, 5.74) is 9.98. The van der Waals surface area contributed by atoms with E-state index >= 15 is 0 Å². The number of rotatable bonds is 10. The molecule has 22 nitrogen and oxygen atoms in total. The monoisotopic (exact) mass is 1610 g/mol. The third-order valence-electron chi connectivity index (χ3n) is 24.3. The van der Waals surface area contributed by atoms with Gasteiger partial charge in [0, 0.05) is 136 Å². The molecule has 7 fully saturated rings. The van der Waals surface area contributed by atoms with E-state index in [2.05, 4.69) is 159 Å². The summed E-state index contributed by atoms with van der Waals surface area (Å²) >= 11 is 0. The van der Waals surface area contributed by atoms with E-state index in [1.807, 2.05) is 86.3 Å². The number of ether oxygens (including phenoxy) is 1. The van der Waals surface area contributed by atoms with Gasteiger partial charge in [0.05, 0.1) is 44.3 Å². The summed E-state index contributed by atoms with van der Waals surface area (Å²) in [6.07, 6.45) is 19.3. The number of pyridine rings is 4. The highest BCUT2D eigenvalue weighted by atomic mass is 35.5. The Morgan fingerprint density at radius 2 is 0.718 bits per heavy atom. The molecule has 11 heterocycles. The maximum absolute atomic E-state index is 13.1. The number of nitrogens with one attached hydrogen (secondary N) is 1. The molecule has 15 rings (SSSR count). The van der Waals surface area contributed by atoms with Gasteiger partial charge in [0.1, 0.15) is 29.9 Å². The van der Waals surface area contributed by atoms with Crippen molar-refractivity contribution in [3.8, 4) is 24.3 Å². The van der Waals surface area contributed by atoms with Crippen LogP contribution in [0.15, 0.2) is 122 Å². The molecule has 0 aliphatic carbocycles. The third-order valence-corrected chi connectivity index (χ3v) is 24.3. The number of nitrogens with zero attached hydrogens (tertiary/aromatic N) is 14. The lowest BCUT2D eigenvalue weighted by Gasteiger charge is -2.38. The van der Waals surface area contributed by atoms with Crippen molar-refractivity contribution in [2.45, 2.75) is 161 Å². The third kappa shape index (κ3) is 24.9. The number of carboxylic acid groups (broad SMARTS) is 1.